The number of benzene rings is 1. The van der Waals surface area contributed by atoms with Crippen molar-refractivity contribution in [3.8, 4) is 0 Å². The molecule has 1 aliphatic carbocycles. The molecule has 2 fully saturated rings. The van der Waals surface area contributed by atoms with E-state index >= 15 is 0 Å². The van der Waals surface area contributed by atoms with Gasteiger partial charge in [0, 0.05) is 44.1 Å². The quantitative estimate of drug-likeness (QED) is 0.563. The van der Waals surface area contributed by atoms with Crippen molar-refractivity contribution in [2.45, 2.75) is 48.3 Å². The topological polar surface area (TPSA) is 108 Å². The van der Waals surface area contributed by atoms with E-state index in [1.165, 1.54) is 16.9 Å². The highest BCUT2D eigenvalue weighted by molar-refractivity contribution is 7.92. The fraction of sp³-hybridized carbons (Fsp3) is 0.500. The lowest BCUT2D eigenvalue weighted by atomic mass is 9.92. The van der Waals surface area contributed by atoms with Crippen molar-refractivity contribution >= 4 is 32.5 Å². The number of anilines is 1. The molecule has 1 aliphatic heterocycles. The molecule has 1 saturated carbocycles. The molecule has 176 valence electrons. The lowest BCUT2D eigenvalue weighted by molar-refractivity contribution is -0.120. The molecule has 0 bridgehead atoms. The molecule has 0 spiro atoms. The van der Waals surface area contributed by atoms with E-state index in [-0.39, 0.29) is 22.1 Å². The molecule has 9 nitrogen and oxygen atoms in total. The molecular formula is C22H26FN5O4S. The van der Waals surface area contributed by atoms with E-state index in [1.54, 1.807) is 24.0 Å². The highest BCUT2D eigenvalue weighted by atomic mass is 32.2. The number of halogens is 1. The van der Waals surface area contributed by atoms with Crippen molar-refractivity contribution in [2.24, 2.45) is 13.0 Å². The van der Waals surface area contributed by atoms with Gasteiger partial charge in [-0.1, -0.05) is 0 Å². The first kappa shape index (κ1) is 22.0. The van der Waals surface area contributed by atoms with Crippen LogP contribution in [0.2, 0.25) is 0 Å². The van der Waals surface area contributed by atoms with Gasteiger partial charge >= 0.3 is 0 Å². The number of hydrogen-bond acceptors (Lipinski definition) is 6. The van der Waals surface area contributed by atoms with Crippen LogP contribution in [0.5, 0.6) is 0 Å². The molecule has 5 rings (SSSR count). The van der Waals surface area contributed by atoms with Crippen molar-refractivity contribution < 1.29 is 22.3 Å². The van der Waals surface area contributed by atoms with Gasteiger partial charge in [-0.25, -0.2) is 12.8 Å². The van der Waals surface area contributed by atoms with E-state index in [0.29, 0.717) is 43.8 Å². The maximum atomic E-state index is 14.7. The lowest BCUT2D eigenvalue weighted by Crippen LogP contribution is -2.30. The lowest BCUT2D eigenvalue weighted by Gasteiger charge is -2.26. The SMILES string of the molecule is Cn1ccc(NC(=O)C(CC2CCOCC2)n2cc3c(S(=O)(=O)C4CC4)c(F)ccc3n2)n1. The van der Waals surface area contributed by atoms with Crippen LogP contribution in [0, 0.1) is 11.7 Å². The van der Waals surface area contributed by atoms with Gasteiger partial charge in [0.1, 0.15) is 16.8 Å². The van der Waals surface area contributed by atoms with Gasteiger partial charge in [0.2, 0.25) is 5.91 Å². The van der Waals surface area contributed by atoms with E-state index in [0.717, 1.165) is 18.9 Å². The van der Waals surface area contributed by atoms with E-state index < -0.39 is 26.9 Å². The second-order valence-corrected chi connectivity index (χ2v) is 11.0. The molecule has 3 heterocycles. The monoisotopic (exact) mass is 475 g/mol. The van der Waals surface area contributed by atoms with E-state index in [2.05, 4.69) is 15.5 Å². The molecule has 1 aromatic carbocycles. The van der Waals surface area contributed by atoms with Gasteiger partial charge in [-0.2, -0.15) is 10.2 Å². The van der Waals surface area contributed by atoms with E-state index in [1.807, 2.05) is 0 Å². The van der Waals surface area contributed by atoms with Crippen molar-refractivity contribution in [2.75, 3.05) is 18.5 Å². The van der Waals surface area contributed by atoms with Crippen LogP contribution in [0.15, 0.2) is 35.5 Å². The minimum atomic E-state index is -3.79. The number of nitrogens with zero attached hydrogens (tertiary/aromatic N) is 4. The third kappa shape index (κ3) is 4.39. The first-order valence-corrected chi connectivity index (χ1v) is 12.7. The summed E-state index contributed by atoms with van der Waals surface area (Å²) in [5, 5.41) is 11.2. The summed E-state index contributed by atoms with van der Waals surface area (Å²) < 4.78 is 49.1. The Bertz CT molecular complexity index is 1290. The molecule has 1 unspecified atom stereocenters. The molecule has 2 aromatic heterocycles. The maximum Gasteiger partial charge on any atom is 0.250 e. The van der Waals surface area contributed by atoms with Crippen molar-refractivity contribution in [1.29, 1.82) is 0 Å². The van der Waals surface area contributed by atoms with Crippen LogP contribution in [0.1, 0.15) is 38.1 Å². The smallest absolute Gasteiger partial charge is 0.250 e. The van der Waals surface area contributed by atoms with Crippen LogP contribution in [0.3, 0.4) is 0 Å². The van der Waals surface area contributed by atoms with Gasteiger partial charge in [-0.15, -0.1) is 0 Å². The first-order chi connectivity index (χ1) is 15.8. The van der Waals surface area contributed by atoms with Gasteiger partial charge < -0.3 is 10.1 Å². The van der Waals surface area contributed by atoms with Gasteiger partial charge in [-0.3, -0.25) is 14.2 Å². The van der Waals surface area contributed by atoms with Gasteiger partial charge in [0.25, 0.3) is 0 Å². The Labute approximate surface area is 190 Å². The molecule has 1 amide bonds. The number of aryl methyl sites for hydroxylation is 1. The first-order valence-electron chi connectivity index (χ1n) is 11.1. The zero-order valence-electron chi connectivity index (χ0n) is 18.3. The molecular weight excluding hydrogens is 449 g/mol. The number of carbonyl (C=O) groups excluding carboxylic acids is 1. The summed E-state index contributed by atoms with van der Waals surface area (Å²) in [6.45, 7) is 1.27. The molecule has 2 aliphatic rings. The molecule has 1 atom stereocenters. The number of rotatable bonds is 7. The zero-order valence-corrected chi connectivity index (χ0v) is 19.1. The van der Waals surface area contributed by atoms with Crippen molar-refractivity contribution in [3.05, 3.63) is 36.4 Å². The number of fused-ring (bicyclic) bond motifs is 1. The fourth-order valence-corrected chi connectivity index (χ4v) is 6.27. The fourth-order valence-electron chi connectivity index (χ4n) is 4.38. The number of aromatic nitrogens is 4. The van der Waals surface area contributed by atoms with Crippen LogP contribution in [0.4, 0.5) is 10.2 Å². The highest BCUT2D eigenvalue weighted by Crippen LogP contribution is 2.38. The van der Waals surface area contributed by atoms with Gasteiger partial charge in [0.15, 0.2) is 15.7 Å². The molecule has 1 N–H and O–H groups in total. The van der Waals surface area contributed by atoms with Crippen LogP contribution < -0.4 is 5.32 Å². The summed E-state index contributed by atoms with van der Waals surface area (Å²) in [4.78, 5) is 13.0. The largest absolute Gasteiger partial charge is 0.381 e. The Balaban J connectivity index is 1.53. The Kier molecular flexibility index (Phi) is 5.69. The number of amides is 1. The summed E-state index contributed by atoms with van der Waals surface area (Å²) >= 11 is 0. The second kappa shape index (κ2) is 8.53. The normalized spacial score (nSPS) is 18.5. The standard InChI is InChI=1S/C22H26FN5O4S/c1-27-9-6-20(26-27)24-22(29)19(12-14-7-10-32-11-8-14)28-13-16-18(25-28)5-4-17(23)21(16)33(30,31)15-2-3-15/h4-6,9,13-15,19H,2-3,7-8,10-12H2,1H3,(H,24,26,29). The summed E-state index contributed by atoms with van der Waals surface area (Å²) in [6, 6.07) is 3.58. The van der Waals surface area contributed by atoms with E-state index in [9.17, 15) is 17.6 Å². The van der Waals surface area contributed by atoms with Crippen molar-refractivity contribution in [3.63, 3.8) is 0 Å². The minimum Gasteiger partial charge on any atom is -0.381 e. The van der Waals surface area contributed by atoms with Crippen LogP contribution in [-0.2, 0) is 26.4 Å². The Hall–Kier alpha value is -2.79. The van der Waals surface area contributed by atoms with Gasteiger partial charge in [-0.05, 0) is 50.2 Å². The Morgan fingerprint density at radius 1 is 1.21 bits per heavy atom. The van der Waals surface area contributed by atoms with Crippen molar-refractivity contribution in [1.82, 2.24) is 19.6 Å². The predicted octanol–water partition coefficient (Wildman–Crippen LogP) is 2.84. The third-order valence-corrected chi connectivity index (χ3v) is 8.67. The average molecular weight is 476 g/mol. The predicted molar refractivity (Wildman–Crippen MR) is 119 cm³/mol. The second-order valence-electron chi connectivity index (χ2n) is 8.83. The van der Waals surface area contributed by atoms with Crippen LogP contribution >= 0.6 is 0 Å². The number of nitrogens with one attached hydrogen (secondary N) is 1. The summed E-state index contributed by atoms with van der Waals surface area (Å²) in [6.07, 6.45) is 6.44. The highest BCUT2D eigenvalue weighted by Gasteiger charge is 2.40. The number of sulfone groups is 1. The van der Waals surface area contributed by atoms with Gasteiger partial charge in [0.05, 0.1) is 10.8 Å². The van der Waals surface area contributed by atoms with Crippen LogP contribution in [-0.4, -0.2) is 52.3 Å². The van der Waals surface area contributed by atoms with Crippen LogP contribution in [0.25, 0.3) is 10.9 Å². The molecule has 3 aromatic rings. The molecule has 1 saturated heterocycles. The third-order valence-electron chi connectivity index (χ3n) is 6.34. The summed E-state index contributed by atoms with van der Waals surface area (Å²) in [5.41, 5.74) is 0.346. The minimum absolute atomic E-state index is 0.213. The molecule has 0 radical (unpaired) electrons. The molecule has 11 heteroatoms. The average Bonchev–Trinajstić information content (AvgIpc) is 3.46. The number of ether oxygens (including phenoxy) is 1. The summed E-state index contributed by atoms with van der Waals surface area (Å²) in [7, 11) is -2.03. The Morgan fingerprint density at radius 3 is 2.64 bits per heavy atom. The van der Waals surface area contributed by atoms with E-state index in [4.69, 9.17) is 4.74 Å². The number of carbonyl (C=O) groups is 1. The number of hydrogen-bond donors (Lipinski definition) is 1. The Morgan fingerprint density at radius 2 is 1.97 bits per heavy atom. The maximum absolute atomic E-state index is 14.7. The zero-order chi connectivity index (χ0) is 23.2. The summed E-state index contributed by atoms with van der Waals surface area (Å²) in [5.74, 6) is -0.427. The molecule has 33 heavy (non-hydrogen) atoms.